The van der Waals surface area contributed by atoms with Gasteiger partial charge in [0.2, 0.25) is 0 Å². The quantitative estimate of drug-likeness (QED) is 0.779. The molecule has 0 radical (unpaired) electrons. The molecule has 0 spiro atoms. The third kappa shape index (κ3) is 3.97. The van der Waals surface area contributed by atoms with Gasteiger partial charge in [-0.05, 0) is 31.0 Å². The lowest BCUT2D eigenvalue weighted by Crippen LogP contribution is -2.28. The largest absolute Gasteiger partial charge is 0.494 e. The highest BCUT2D eigenvalue weighted by Crippen LogP contribution is 2.20. The first kappa shape index (κ1) is 14.9. The minimum atomic E-state index is -0.474. The van der Waals surface area contributed by atoms with Gasteiger partial charge in [0.1, 0.15) is 17.9 Å². The molecule has 1 heterocycles. The van der Waals surface area contributed by atoms with Crippen LogP contribution in [0.25, 0.3) is 0 Å². The maximum atomic E-state index is 9.24. The van der Waals surface area contributed by atoms with E-state index in [-0.39, 0.29) is 6.61 Å². The number of unbranched alkanes of at least 4 members (excludes halogenated alkanes) is 1. The molecule has 0 aliphatic carbocycles. The zero-order chi connectivity index (χ0) is 14.4. The van der Waals surface area contributed by atoms with Gasteiger partial charge in [-0.1, -0.05) is 25.5 Å². The molecule has 0 bridgehead atoms. The molecule has 0 aromatic heterocycles. The van der Waals surface area contributed by atoms with Crippen molar-refractivity contribution in [3.8, 4) is 5.75 Å². The van der Waals surface area contributed by atoms with Gasteiger partial charge in [0.25, 0.3) is 0 Å². The lowest BCUT2D eigenvalue weighted by molar-refractivity contribution is 0.169. The van der Waals surface area contributed by atoms with Crippen molar-refractivity contribution in [3.63, 3.8) is 0 Å². The first-order valence-electron chi connectivity index (χ1n) is 7.19. The molecule has 1 aromatic rings. The predicted molar refractivity (Wildman–Crippen MR) is 79.4 cm³/mol. The molecule has 0 fully saturated rings. The summed E-state index contributed by atoms with van der Waals surface area (Å²) in [6.45, 7) is 5.28. The van der Waals surface area contributed by atoms with Gasteiger partial charge in [0, 0.05) is 6.42 Å². The van der Waals surface area contributed by atoms with Crippen molar-refractivity contribution >= 4 is 5.90 Å². The Kier molecular flexibility index (Phi) is 5.01. The molecule has 0 amide bonds. The van der Waals surface area contributed by atoms with Gasteiger partial charge in [-0.15, -0.1) is 0 Å². The fourth-order valence-corrected chi connectivity index (χ4v) is 1.99. The number of benzene rings is 1. The van der Waals surface area contributed by atoms with Gasteiger partial charge in [0.15, 0.2) is 5.90 Å². The van der Waals surface area contributed by atoms with Gasteiger partial charge >= 0.3 is 0 Å². The van der Waals surface area contributed by atoms with Crippen LogP contribution >= 0.6 is 0 Å². The zero-order valence-corrected chi connectivity index (χ0v) is 12.3. The van der Waals surface area contributed by atoms with Crippen LogP contribution in [-0.2, 0) is 11.2 Å². The summed E-state index contributed by atoms with van der Waals surface area (Å²) in [5.74, 6) is 1.60. The number of aliphatic imine (C=N–C) groups is 1. The van der Waals surface area contributed by atoms with E-state index in [0.29, 0.717) is 18.9 Å². The Labute approximate surface area is 120 Å². The lowest BCUT2D eigenvalue weighted by atomic mass is 10.1. The van der Waals surface area contributed by atoms with Crippen molar-refractivity contribution in [3.05, 3.63) is 29.8 Å². The van der Waals surface area contributed by atoms with Crippen LogP contribution < -0.4 is 4.74 Å². The third-order valence-electron chi connectivity index (χ3n) is 3.33. The highest BCUT2D eigenvalue weighted by atomic mass is 16.5. The van der Waals surface area contributed by atoms with Crippen LogP contribution in [0.2, 0.25) is 0 Å². The average molecular weight is 277 g/mol. The SMILES string of the molecule is CCCCOc1ccc(CC2=NC(C)(CO)CO2)cc1. The van der Waals surface area contributed by atoms with E-state index in [2.05, 4.69) is 11.9 Å². The van der Waals surface area contributed by atoms with Gasteiger partial charge in [-0.25, -0.2) is 4.99 Å². The fourth-order valence-electron chi connectivity index (χ4n) is 1.99. The Hall–Kier alpha value is -1.55. The number of ether oxygens (including phenoxy) is 2. The van der Waals surface area contributed by atoms with Gasteiger partial charge < -0.3 is 14.6 Å². The maximum absolute atomic E-state index is 9.24. The van der Waals surface area contributed by atoms with E-state index >= 15 is 0 Å². The summed E-state index contributed by atoms with van der Waals surface area (Å²) in [5.41, 5.74) is 0.659. The number of hydrogen-bond acceptors (Lipinski definition) is 4. The van der Waals surface area contributed by atoms with E-state index in [4.69, 9.17) is 9.47 Å². The Morgan fingerprint density at radius 3 is 2.70 bits per heavy atom. The summed E-state index contributed by atoms with van der Waals surface area (Å²) in [5, 5.41) is 9.24. The summed E-state index contributed by atoms with van der Waals surface area (Å²) < 4.78 is 11.2. The monoisotopic (exact) mass is 277 g/mol. The Bertz CT molecular complexity index is 455. The van der Waals surface area contributed by atoms with Gasteiger partial charge in [-0.3, -0.25) is 0 Å². The van der Waals surface area contributed by atoms with Crippen molar-refractivity contribution < 1.29 is 14.6 Å². The molecule has 0 saturated heterocycles. The minimum absolute atomic E-state index is 0.0146. The summed E-state index contributed by atoms with van der Waals surface area (Å²) in [4.78, 5) is 4.43. The van der Waals surface area contributed by atoms with Crippen molar-refractivity contribution in [2.45, 2.75) is 38.6 Å². The first-order valence-corrected chi connectivity index (χ1v) is 7.19. The number of aliphatic hydroxyl groups excluding tert-OH is 1. The molecule has 20 heavy (non-hydrogen) atoms. The van der Waals surface area contributed by atoms with Gasteiger partial charge in [-0.2, -0.15) is 0 Å². The number of hydrogen-bond donors (Lipinski definition) is 1. The molecule has 4 heteroatoms. The summed E-state index contributed by atoms with van der Waals surface area (Å²) in [6, 6.07) is 8.01. The number of nitrogens with zero attached hydrogens (tertiary/aromatic N) is 1. The molecule has 0 saturated carbocycles. The van der Waals surface area contributed by atoms with Crippen LogP contribution in [0.5, 0.6) is 5.75 Å². The molecule has 4 nitrogen and oxygen atoms in total. The topological polar surface area (TPSA) is 51.0 Å². The van der Waals surface area contributed by atoms with Crippen molar-refractivity contribution in [2.75, 3.05) is 19.8 Å². The molecule has 1 unspecified atom stereocenters. The summed E-state index contributed by atoms with van der Waals surface area (Å²) in [7, 11) is 0. The van der Waals surface area contributed by atoms with Gasteiger partial charge in [0.05, 0.1) is 13.2 Å². The second kappa shape index (κ2) is 6.75. The molecule has 1 aliphatic rings. The molecule has 110 valence electrons. The molecule has 1 N–H and O–H groups in total. The Morgan fingerprint density at radius 2 is 2.10 bits per heavy atom. The Morgan fingerprint density at radius 1 is 1.35 bits per heavy atom. The van der Waals surface area contributed by atoms with E-state index in [1.165, 1.54) is 0 Å². The molecule has 1 atom stereocenters. The highest BCUT2D eigenvalue weighted by molar-refractivity contribution is 5.80. The summed E-state index contributed by atoms with van der Waals surface area (Å²) in [6.07, 6.45) is 2.87. The van der Waals surface area contributed by atoms with Crippen LogP contribution in [0.4, 0.5) is 0 Å². The molecular weight excluding hydrogens is 254 g/mol. The van der Waals surface area contributed by atoms with Crippen molar-refractivity contribution in [1.29, 1.82) is 0 Å². The summed E-state index contributed by atoms with van der Waals surface area (Å²) >= 11 is 0. The fraction of sp³-hybridized carbons (Fsp3) is 0.562. The molecule has 1 aromatic carbocycles. The van der Waals surface area contributed by atoms with Crippen molar-refractivity contribution in [2.24, 2.45) is 4.99 Å². The van der Waals surface area contributed by atoms with Crippen molar-refractivity contribution in [1.82, 2.24) is 0 Å². The van der Waals surface area contributed by atoms with Crippen LogP contribution in [-0.4, -0.2) is 36.4 Å². The average Bonchev–Trinajstić information content (AvgIpc) is 2.83. The standard InChI is InChI=1S/C16H23NO3/c1-3-4-9-19-14-7-5-13(6-8-14)10-15-17-16(2,11-18)12-20-15/h5-8,18H,3-4,9-12H2,1-2H3. The van der Waals surface area contributed by atoms with E-state index in [9.17, 15) is 5.11 Å². The van der Waals surface area contributed by atoms with E-state index in [1.54, 1.807) is 0 Å². The third-order valence-corrected chi connectivity index (χ3v) is 3.33. The molecule has 1 aliphatic heterocycles. The molecule has 2 rings (SSSR count). The number of aliphatic hydroxyl groups is 1. The second-order valence-electron chi connectivity index (χ2n) is 5.47. The van der Waals surface area contributed by atoms with Crippen LogP contribution in [0.15, 0.2) is 29.3 Å². The first-order chi connectivity index (χ1) is 9.65. The number of rotatable bonds is 7. The predicted octanol–water partition coefficient (Wildman–Crippen LogP) is 2.59. The maximum Gasteiger partial charge on any atom is 0.188 e. The zero-order valence-electron chi connectivity index (χ0n) is 12.3. The second-order valence-corrected chi connectivity index (χ2v) is 5.47. The lowest BCUT2D eigenvalue weighted by Gasteiger charge is -2.12. The van der Waals surface area contributed by atoms with E-state index < -0.39 is 5.54 Å². The van der Waals surface area contributed by atoms with Crippen LogP contribution in [0.3, 0.4) is 0 Å². The van der Waals surface area contributed by atoms with E-state index in [0.717, 1.165) is 30.8 Å². The minimum Gasteiger partial charge on any atom is -0.494 e. The normalized spacial score (nSPS) is 21.4. The smallest absolute Gasteiger partial charge is 0.188 e. The van der Waals surface area contributed by atoms with Crippen LogP contribution in [0, 0.1) is 0 Å². The highest BCUT2D eigenvalue weighted by Gasteiger charge is 2.30. The van der Waals surface area contributed by atoms with E-state index in [1.807, 2.05) is 31.2 Å². The molecular formula is C16H23NO3. The Balaban J connectivity index is 1.90. The van der Waals surface area contributed by atoms with Crippen LogP contribution in [0.1, 0.15) is 32.3 Å².